The van der Waals surface area contributed by atoms with Crippen LogP contribution in [0.2, 0.25) is 0 Å². The van der Waals surface area contributed by atoms with E-state index in [0.717, 1.165) is 19.3 Å². The molecule has 0 aromatic carbocycles. The Hall–Kier alpha value is 0.0700. The van der Waals surface area contributed by atoms with Crippen molar-refractivity contribution in [2.24, 2.45) is 17.6 Å². The molecule has 72 valence electrons. The summed E-state index contributed by atoms with van der Waals surface area (Å²) in [7, 11) is 0. The Morgan fingerprint density at radius 2 is 2.25 bits per heavy atom. The highest BCUT2D eigenvalue weighted by Crippen LogP contribution is 2.28. The first-order valence-corrected chi connectivity index (χ1v) is 5.65. The second kappa shape index (κ2) is 4.35. The average Bonchev–Trinajstić information content (AvgIpc) is 1.96. The molecule has 0 radical (unpaired) electrons. The van der Waals surface area contributed by atoms with Gasteiger partial charge in [0.15, 0.2) is 0 Å². The third-order valence-electron chi connectivity index (χ3n) is 2.65. The van der Waals surface area contributed by atoms with Crippen LogP contribution in [0, 0.1) is 11.8 Å². The molecule has 0 saturated heterocycles. The molecule has 12 heavy (non-hydrogen) atoms. The Bertz CT molecular complexity index is 174. The van der Waals surface area contributed by atoms with Gasteiger partial charge in [-0.3, -0.25) is 4.21 Å². The van der Waals surface area contributed by atoms with Gasteiger partial charge < -0.3 is 10.3 Å². The van der Waals surface area contributed by atoms with E-state index < -0.39 is 11.1 Å². The number of hydrogen-bond donors (Lipinski definition) is 1. The number of rotatable bonds is 2. The third-order valence-corrected chi connectivity index (χ3v) is 3.35. The molecule has 0 heterocycles. The minimum atomic E-state index is -1.93. The lowest BCUT2D eigenvalue weighted by Crippen LogP contribution is -2.38. The summed E-state index contributed by atoms with van der Waals surface area (Å²) in [5.74, 6) is 1.07. The molecule has 0 aromatic rings. The summed E-state index contributed by atoms with van der Waals surface area (Å²) < 4.78 is 20.9. The fourth-order valence-electron chi connectivity index (χ4n) is 1.89. The van der Waals surface area contributed by atoms with Crippen molar-refractivity contribution in [3.63, 3.8) is 0 Å². The SMILES string of the molecule is C[C@@H]1CC[C@H](N)[C@H](CS(=O)[O-])C1. The summed E-state index contributed by atoms with van der Waals surface area (Å²) in [6, 6.07) is 0.0964. The summed E-state index contributed by atoms with van der Waals surface area (Å²) >= 11 is -1.93. The van der Waals surface area contributed by atoms with Crippen LogP contribution < -0.4 is 5.73 Å². The highest BCUT2D eigenvalue weighted by Gasteiger charge is 2.25. The zero-order valence-corrected chi connectivity index (χ0v) is 8.18. The smallest absolute Gasteiger partial charge is 0.0145 e. The predicted octanol–water partition coefficient (Wildman–Crippen LogP) is 0.629. The molecular formula is C8H16NO2S-. The second-order valence-electron chi connectivity index (χ2n) is 3.81. The van der Waals surface area contributed by atoms with E-state index in [4.69, 9.17) is 5.73 Å². The summed E-state index contributed by atoms with van der Waals surface area (Å²) in [5.41, 5.74) is 5.82. The van der Waals surface area contributed by atoms with Gasteiger partial charge in [-0.2, -0.15) is 0 Å². The topological polar surface area (TPSA) is 66.2 Å². The molecule has 0 spiro atoms. The van der Waals surface area contributed by atoms with Crippen LogP contribution in [0.1, 0.15) is 26.2 Å². The van der Waals surface area contributed by atoms with Crippen LogP contribution in [0.3, 0.4) is 0 Å². The fourth-order valence-corrected chi connectivity index (χ4v) is 2.62. The third kappa shape index (κ3) is 2.84. The van der Waals surface area contributed by atoms with Crippen molar-refractivity contribution in [2.45, 2.75) is 32.2 Å². The average molecular weight is 190 g/mol. The molecule has 1 saturated carbocycles. The van der Waals surface area contributed by atoms with Gasteiger partial charge in [-0.15, -0.1) is 0 Å². The molecule has 1 aliphatic rings. The molecule has 1 unspecified atom stereocenters. The summed E-state index contributed by atoms with van der Waals surface area (Å²) in [4.78, 5) is 0. The van der Waals surface area contributed by atoms with Gasteiger partial charge in [0.1, 0.15) is 0 Å². The summed E-state index contributed by atoms with van der Waals surface area (Å²) in [6.07, 6.45) is 3.08. The van der Waals surface area contributed by atoms with Crippen molar-refractivity contribution in [1.82, 2.24) is 0 Å². The monoisotopic (exact) mass is 190 g/mol. The Morgan fingerprint density at radius 3 is 2.83 bits per heavy atom. The van der Waals surface area contributed by atoms with E-state index in [1.54, 1.807) is 0 Å². The van der Waals surface area contributed by atoms with Gasteiger partial charge >= 0.3 is 0 Å². The molecule has 0 aromatic heterocycles. The van der Waals surface area contributed by atoms with Crippen LogP contribution in [0.5, 0.6) is 0 Å². The first kappa shape index (κ1) is 10.2. The zero-order valence-electron chi connectivity index (χ0n) is 7.36. The molecule has 1 fully saturated rings. The van der Waals surface area contributed by atoms with Gasteiger partial charge in [-0.25, -0.2) is 0 Å². The van der Waals surface area contributed by atoms with E-state index in [0.29, 0.717) is 5.92 Å². The number of hydrogen-bond acceptors (Lipinski definition) is 3. The minimum absolute atomic E-state index is 0.0964. The minimum Gasteiger partial charge on any atom is -0.772 e. The molecule has 1 aliphatic carbocycles. The van der Waals surface area contributed by atoms with Crippen molar-refractivity contribution in [2.75, 3.05) is 5.75 Å². The standard InChI is InChI=1S/C8H17NO2S/c1-6-2-3-8(9)7(4-6)5-12(10)11/h6-8H,2-5,9H2,1H3,(H,10,11)/p-1/t6-,7+,8+/m1/s1. The summed E-state index contributed by atoms with van der Waals surface area (Å²) in [5, 5.41) is 0. The first-order chi connectivity index (χ1) is 5.59. The lowest BCUT2D eigenvalue weighted by Gasteiger charge is -2.32. The molecule has 2 N–H and O–H groups in total. The Labute approximate surface area is 76.0 Å². The molecule has 4 heteroatoms. The van der Waals surface area contributed by atoms with Crippen LogP contribution in [0.25, 0.3) is 0 Å². The van der Waals surface area contributed by atoms with E-state index in [9.17, 15) is 8.76 Å². The second-order valence-corrected chi connectivity index (χ2v) is 4.75. The summed E-state index contributed by atoms with van der Waals surface area (Å²) in [6.45, 7) is 2.16. The molecule has 0 bridgehead atoms. The Kier molecular flexibility index (Phi) is 3.68. The zero-order chi connectivity index (χ0) is 9.14. The van der Waals surface area contributed by atoms with Crippen LogP contribution >= 0.6 is 0 Å². The van der Waals surface area contributed by atoms with Crippen molar-refractivity contribution in [1.29, 1.82) is 0 Å². The van der Waals surface area contributed by atoms with Crippen LogP contribution in [0.15, 0.2) is 0 Å². The van der Waals surface area contributed by atoms with Crippen molar-refractivity contribution < 1.29 is 8.76 Å². The maximum Gasteiger partial charge on any atom is 0.0145 e. The largest absolute Gasteiger partial charge is 0.772 e. The van der Waals surface area contributed by atoms with Gasteiger partial charge in [0.2, 0.25) is 0 Å². The van der Waals surface area contributed by atoms with E-state index in [1.165, 1.54) is 0 Å². The quantitative estimate of drug-likeness (QED) is 0.649. The fraction of sp³-hybridized carbons (Fsp3) is 1.00. The maximum atomic E-state index is 10.5. The normalized spacial score (nSPS) is 39.4. The van der Waals surface area contributed by atoms with Gasteiger partial charge in [0.05, 0.1) is 0 Å². The van der Waals surface area contributed by atoms with Crippen LogP contribution in [0.4, 0.5) is 0 Å². The van der Waals surface area contributed by atoms with Gasteiger partial charge in [0, 0.05) is 11.8 Å². The Balaban J connectivity index is 2.43. The van der Waals surface area contributed by atoms with E-state index in [2.05, 4.69) is 6.92 Å². The molecule has 3 nitrogen and oxygen atoms in total. The first-order valence-electron chi connectivity index (χ1n) is 4.41. The molecular weight excluding hydrogens is 174 g/mol. The predicted molar refractivity (Wildman–Crippen MR) is 48.3 cm³/mol. The van der Waals surface area contributed by atoms with Crippen LogP contribution in [-0.4, -0.2) is 20.6 Å². The van der Waals surface area contributed by atoms with Gasteiger partial charge in [-0.1, -0.05) is 18.0 Å². The highest BCUT2D eigenvalue weighted by atomic mass is 32.2. The molecule has 4 atom stereocenters. The van der Waals surface area contributed by atoms with Crippen molar-refractivity contribution in [3.05, 3.63) is 0 Å². The molecule has 0 aliphatic heterocycles. The van der Waals surface area contributed by atoms with E-state index >= 15 is 0 Å². The van der Waals surface area contributed by atoms with E-state index in [1.807, 2.05) is 0 Å². The van der Waals surface area contributed by atoms with Crippen molar-refractivity contribution in [3.8, 4) is 0 Å². The maximum absolute atomic E-state index is 10.5. The van der Waals surface area contributed by atoms with Crippen LogP contribution in [-0.2, 0) is 11.1 Å². The van der Waals surface area contributed by atoms with Gasteiger partial charge in [0.25, 0.3) is 0 Å². The Morgan fingerprint density at radius 1 is 1.58 bits per heavy atom. The van der Waals surface area contributed by atoms with Crippen molar-refractivity contribution >= 4 is 11.1 Å². The highest BCUT2D eigenvalue weighted by molar-refractivity contribution is 7.79. The number of nitrogens with two attached hydrogens (primary N) is 1. The molecule has 0 amide bonds. The lowest BCUT2D eigenvalue weighted by atomic mass is 9.80. The molecule has 1 rings (SSSR count). The lowest BCUT2D eigenvalue weighted by molar-refractivity contribution is 0.263. The van der Waals surface area contributed by atoms with E-state index in [-0.39, 0.29) is 17.7 Å². The van der Waals surface area contributed by atoms with Gasteiger partial charge in [-0.05, 0) is 31.1 Å².